The minimum Gasteiger partial charge on any atom is -0.425 e. The van der Waals surface area contributed by atoms with Gasteiger partial charge in [-0.25, -0.2) is 18.4 Å². The summed E-state index contributed by atoms with van der Waals surface area (Å²) in [7, 11) is -3.53. The highest BCUT2D eigenvalue weighted by atomic mass is 32.2. The third kappa shape index (κ3) is 3.86. The number of hydrogen-bond donors (Lipinski definition) is 2. The maximum atomic E-state index is 12.1. The molecule has 0 spiro atoms. The molecule has 0 radical (unpaired) electrons. The number of oxazole rings is 1. The minimum absolute atomic E-state index is 0.0509. The van der Waals surface area contributed by atoms with Gasteiger partial charge in [-0.1, -0.05) is 0 Å². The smallest absolute Gasteiger partial charge is 0.238 e. The molecule has 0 unspecified atom stereocenters. The zero-order chi connectivity index (χ0) is 21.3. The van der Waals surface area contributed by atoms with Crippen LogP contribution in [0.15, 0.2) is 34.2 Å². The second-order valence-corrected chi connectivity index (χ2v) is 9.15. The second kappa shape index (κ2) is 7.79. The van der Waals surface area contributed by atoms with Crippen LogP contribution in [0.25, 0.3) is 22.5 Å². The summed E-state index contributed by atoms with van der Waals surface area (Å²) in [6.45, 7) is 1.09. The fourth-order valence-electron chi connectivity index (χ4n) is 3.59. The fraction of sp³-hybridized carbons (Fsp3) is 0.368. The quantitative estimate of drug-likeness (QED) is 0.627. The van der Waals surface area contributed by atoms with Crippen LogP contribution in [-0.2, 0) is 14.6 Å². The first-order valence-corrected chi connectivity index (χ1v) is 11.3. The molecule has 1 aliphatic rings. The van der Waals surface area contributed by atoms with E-state index in [0.29, 0.717) is 30.0 Å². The van der Waals surface area contributed by atoms with E-state index in [1.54, 1.807) is 17.3 Å². The third-order valence-corrected chi connectivity index (χ3v) is 5.94. The molecule has 4 heterocycles. The van der Waals surface area contributed by atoms with Crippen molar-refractivity contribution in [1.82, 2.24) is 19.9 Å². The monoisotopic (exact) mass is 428 g/mol. The van der Waals surface area contributed by atoms with Crippen molar-refractivity contribution < 1.29 is 17.6 Å². The van der Waals surface area contributed by atoms with E-state index in [1.165, 1.54) is 6.20 Å². The van der Waals surface area contributed by atoms with Gasteiger partial charge in [0.15, 0.2) is 0 Å². The lowest BCUT2D eigenvalue weighted by molar-refractivity contribution is -0.131. The van der Waals surface area contributed by atoms with E-state index >= 15 is 0 Å². The zero-order valence-corrected chi connectivity index (χ0v) is 17.1. The number of aromatic amines is 1. The van der Waals surface area contributed by atoms with Crippen molar-refractivity contribution in [3.05, 3.63) is 24.7 Å². The summed E-state index contributed by atoms with van der Waals surface area (Å²) >= 11 is 0. The average molecular weight is 428 g/mol. The fourth-order valence-corrected chi connectivity index (χ4v) is 4.06. The summed E-state index contributed by atoms with van der Waals surface area (Å²) < 4.78 is 29.0. The molecule has 0 aliphatic carbocycles. The molecule has 1 amide bonds. The second-order valence-electron chi connectivity index (χ2n) is 7.20. The topological polar surface area (TPSA) is 145 Å². The number of anilines is 1. The van der Waals surface area contributed by atoms with E-state index in [2.05, 4.69) is 20.3 Å². The molecule has 1 aliphatic heterocycles. The highest BCUT2D eigenvalue weighted by Gasteiger charge is 2.26. The van der Waals surface area contributed by atoms with Gasteiger partial charge in [0.2, 0.25) is 26.7 Å². The van der Waals surface area contributed by atoms with E-state index in [9.17, 15) is 13.2 Å². The molecule has 30 heavy (non-hydrogen) atoms. The van der Waals surface area contributed by atoms with Crippen LogP contribution < -0.4 is 5.32 Å². The Labute approximate surface area is 172 Å². The Kier molecular flexibility index (Phi) is 5.17. The van der Waals surface area contributed by atoms with Gasteiger partial charge in [0.1, 0.15) is 12.1 Å². The molecule has 4 rings (SSSR count). The van der Waals surface area contributed by atoms with Crippen LogP contribution in [0.3, 0.4) is 0 Å². The molecule has 1 saturated heterocycles. The summed E-state index contributed by atoms with van der Waals surface area (Å²) in [5.41, 5.74) is 1.88. The number of carbonyl (C=O) groups excluding carboxylic acids is 1. The molecule has 3 aromatic rings. The van der Waals surface area contributed by atoms with E-state index in [4.69, 9.17) is 9.68 Å². The number of pyridine rings is 1. The average Bonchev–Trinajstić information content (AvgIpc) is 3.38. The van der Waals surface area contributed by atoms with Gasteiger partial charge in [0, 0.05) is 43.2 Å². The number of hydrogen-bond acceptors (Lipinski definition) is 8. The summed E-state index contributed by atoms with van der Waals surface area (Å²) in [5, 5.41) is 12.8. The number of likely N-dealkylation sites (tertiary alicyclic amines) is 1. The number of sulfone groups is 1. The van der Waals surface area contributed by atoms with Gasteiger partial charge in [-0.2, -0.15) is 5.26 Å². The van der Waals surface area contributed by atoms with Crippen molar-refractivity contribution in [3.8, 4) is 17.5 Å². The molecule has 0 saturated carbocycles. The van der Waals surface area contributed by atoms with Crippen LogP contribution in [0.4, 0.5) is 5.69 Å². The summed E-state index contributed by atoms with van der Waals surface area (Å²) in [5.74, 6) is -0.0435. The Morgan fingerprint density at radius 1 is 1.43 bits per heavy atom. The Bertz CT molecular complexity index is 1240. The molecule has 3 aromatic heterocycles. The number of aromatic nitrogens is 3. The van der Waals surface area contributed by atoms with Crippen LogP contribution in [0.1, 0.15) is 19.3 Å². The Morgan fingerprint density at radius 3 is 3.00 bits per heavy atom. The highest BCUT2D eigenvalue weighted by molar-refractivity contribution is 7.90. The Balaban J connectivity index is 1.69. The first-order valence-electron chi connectivity index (χ1n) is 9.40. The maximum absolute atomic E-state index is 12.1. The summed E-state index contributed by atoms with van der Waals surface area (Å²) in [4.78, 5) is 25.4. The maximum Gasteiger partial charge on any atom is 0.238 e. The Hall–Kier alpha value is -3.39. The van der Waals surface area contributed by atoms with Crippen molar-refractivity contribution in [2.45, 2.75) is 30.4 Å². The lowest BCUT2D eigenvalue weighted by Crippen LogP contribution is -2.45. The number of H-pyrrole nitrogens is 1. The van der Waals surface area contributed by atoms with Crippen LogP contribution in [-0.4, -0.2) is 59.6 Å². The highest BCUT2D eigenvalue weighted by Crippen LogP contribution is 2.35. The van der Waals surface area contributed by atoms with Crippen molar-refractivity contribution >= 4 is 32.5 Å². The number of piperidine rings is 1. The lowest BCUT2D eigenvalue weighted by Gasteiger charge is -2.33. The van der Waals surface area contributed by atoms with Gasteiger partial charge in [-0.3, -0.25) is 4.79 Å². The van der Waals surface area contributed by atoms with Gasteiger partial charge < -0.3 is 19.6 Å². The van der Waals surface area contributed by atoms with E-state index < -0.39 is 9.84 Å². The predicted molar refractivity (Wildman–Crippen MR) is 108 cm³/mol. The number of amides is 1. The first kappa shape index (κ1) is 19.9. The van der Waals surface area contributed by atoms with Crippen molar-refractivity contribution in [2.75, 3.05) is 24.7 Å². The SMILES string of the molecule is CS(=O)(=O)c1cnc(-c2cnc3[nH]ccc3c2N[C@@H]2CCCN(C(=O)CC#N)C2)o1. The number of nitrogens with zero attached hydrogens (tertiary/aromatic N) is 4. The van der Waals surface area contributed by atoms with Gasteiger partial charge in [0.25, 0.3) is 0 Å². The number of fused-ring (bicyclic) bond motifs is 1. The largest absolute Gasteiger partial charge is 0.425 e. The Morgan fingerprint density at radius 2 is 2.27 bits per heavy atom. The molecule has 156 valence electrons. The predicted octanol–water partition coefficient (Wildman–Crippen LogP) is 1.94. The van der Waals surface area contributed by atoms with Crippen LogP contribution >= 0.6 is 0 Å². The van der Waals surface area contributed by atoms with E-state index in [0.717, 1.165) is 24.5 Å². The molecule has 1 atom stereocenters. The van der Waals surface area contributed by atoms with Gasteiger partial charge in [-0.05, 0) is 18.9 Å². The number of nitriles is 1. The zero-order valence-electron chi connectivity index (χ0n) is 16.3. The summed E-state index contributed by atoms with van der Waals surface area (Å²) in [6.07, 6.45) is 7.07. The lowest BCUT2D eigenvalue weighted by atomic mass is 10.0. The molecule has 11 heteroatoms. The molecule has 0 aromatic carbocycles. The molecular formula is C19H20N6O4S. The van der Waals surface area contributed by atoms with Crippen LogP contribution in [0, 0.1) is 11.3 Å². The molecule has 10 nitrogen and oxygen atoms in total. The van der Waals surface area contributed by atoms with Gasteiger partial charge >= 0.3 is 0 Å². The third-order valence-electron chi connectivity index (χ3n) is 5.02. The number of nitrogens with one attached hydrogen (secondary N) is 2. The minimum atomic E-state index is -3.53. The van der Waals surface area contributed by atoms with Crippen LogP contribution in [0.2, 0.25) is 0 Å². The molecule has 2 N–H and O–H groups in total. The van der Waals surface area contributed by atoms with E-state index in [1.807, 2.05) is 12.1 Å². The molecular weight excluding hydrogens is 408 g/mol. The molecule has 1 fully saturated rings. The number of carbonyl (C=O) groups is 1. The van der Waals surface area contributed by atoms with Gasteiger partial charge in [0.05, 0.1) is 23.5 Å². The first-order chi connectivity index (χ1) is 14.4. The van der Waals surface area contributed by atoms with E-state index in [-0.39, 0.29) is 29.4 Å². The van der Waals surface area contributed by atoms with Crippen molar-refractivity contribution in [1.29, 1.82) is 5.26 Å². The molecule has 0 bridgehead atoms. The normalized spacial score (nSPS) is 17.1. The van der Waals surface area contributed by atoms with Crippen molar-refractivity contribution in [2.24, 2.45) is 0 Å². The number of rotatable bonds is 5. The van der Waals surface area contributed by atoms with Crippen LogP contribution in [0.5, 0.6) is 0 Å². The summed E-state index contributed by atoms with van der Waals surface area (Å²) in [6, 6.07) is 3.71. The standard InChI is InChI=1S/C19H20N6O4S/c1-30(27,28)16-10-23-19(29-16)14-9-22-18-13(5-7-21-18)17(14)24-12-3-2-8-25(11-12)15(26)4-6-20/h5,7,9-10,12H,2-4,8,11H2,1H3,(H2,21,22,24)/t12-/m1/s1. The van der Waals surface area contributed by atoms with Gasteiger partial charge in [-0.15, -0.1) is 0 Å². The van der Waals surface area contributed by atoms with Crippen molar-refractivity contribution in [3.63, 3.8) is 0 Å².